The normalized spacial score (nSPS) is 18.1. The topological polar surface area (TPSA) is 136 Å². The standard InChI is InChI=1S/C32H32ClN7O2.C2HF3O2/c1-3-28(41)40-18-17-39(19-22(40)14-15-34)31-25-12-13-27(24-10-4-7-21-8-5-11-26(33)29(21)24)35-30(25)36-32(37-31)42-20-23-9-6-16-38(23)2;3-2(4,5)1(6)7/h3-5,7-8,10-13,22-23H,1,6,9,14,16-20H2,2H3;(H,6,7)/t22-,23-;/m0./s1. The number of rotatable bonds is 7. The van der Waals surface area contributed by atoms with E-state index in [1.165, 1.54) is 6.08 Å². The highest BCUT2D eigenvalue weighted by molar-refractivity contribution is 6.36. The van der Waals surface area contributed by atoms with Gasteiger partial charge in [-0.2, -0.15) is 28.4 Å². The van der Waals surface area contributed by atoms with Gasteiger partial charge in [0, 0.05) is 41.6 Å². The van der Waals surface area contributed by atoms with Gasteiger partial charge in [-0.1, -0.05) is 48.5 Å². The Hall–Kier alpha value is -5.00. The molecule has 2 aliphatic heterocycles. The first-order valence-electron chi connectivity index (χ1n) is 15.5. The van der Waals surface area contributed by atoms with Crippen LogP contribution in [0.1, 0.15) is 19.3 Å². The first kappa shape index (κ1) is 35.3. The summed E-state index contributed by atoms with van der Waals surface area (Å²) in [5.74, 6) is -2.25. The number of likely N-dealkylation sites (N-methyl/N-ethyl adjacent to an activating group) is 1. The molecule has 49 heavy (non-hydrogen) atoms. The van der Waals surface area contributed by atoms with Crippen LogP contribution in [0.25, 0.3) is 33.1 Å². The molecule has 256 valence electrons. The van der Waals surface area contributed by atoms with E-state index in [1.807, 2.05) is 48.5 Å². The maximum atomic E-state index is 12.5. The number of hydrogen-bond donors (Lipinski definition) is 1. The minimum Gasteiger partial charge on any atom is -0.475 e. The van der Waals surface area contributed by atoms with Crippen molar-refractivity contribution in [3.8, 4) is 23.3 Å². The Kier molecular flexibility index (Phi) is 10.8. The van der Waals surface area contributed by atoms with Gasteiger partial charge in [0.15, 0.2) is 5.65 Å². The minimum absolute atomic E-state index is 0.174. The van der Waals surface area contributed by atoms with Gasteiger partial charge in [0.25, 0.3) is 0 Å². The van der Waals surface area contributed by atoms with Gasteiger partial charge >= 0.3 is 18.2 Å². The van der Waals surface area contributed by atoms with Gasteiger partial charge < -0.3 is 24.5 Å². The number of carbonyl (C=O) groups is 2. The van der Waals surface area contributed by atoms with Crippen LogP contribution in [0.2, 0.25) is 5.02 Å². The number of fused-ring (bicyclic) bond motifs is 2. The van der Waals surface area contributed by atoms with E-state index >= 15 is 0 Å². The molecule has 2 aromatic carbocycles. The largest absolute Gasteiger partial charge is 0.490 e. The lowest BCUT2D eigenvalue weighted by atomic mass is 10.0. The zero-order valence-electron chi connectivity index (χ0n) is 26.5. The minimum atomic E-state index is -5.08. The zero-order chi connectivity index (χ0) is 35.3. The molecule has 0 unspecified atom stereocenters. The van der Waals surface area contributed by atoms with Crippen LogP contribution < -0.4 is 9.64 Å². The Morgan fingerprint density at radius 2 is 1.84 bits per heavy atom. The molecule has 0 bridgehead atoms. The van der Waals surface area contributed by atoms with E-state index in [0.29, 0.717) is 48.8 Å². The number of piperazine rings is 1. The Balaban J connectivity index is 0.000000606. The molecule has 6 rings (SSSR count). The second kappa shape index (κ2) is 15.0. The first-order valence-corrected chi connectivity index (χ1v) is 15.8. The van der Waals surface area contributed by atoms with Crippen LogP contribution in [0.15, 0.2) is 61.2 Å². The number of pyridine rings is 1. The molecule has 2 atom stereocenters. The van der Waals surface area contributed by atoms with Gasteiger partial charge in [-0.05, 0) is 56.1 Å². The highest BCUT2D eigenvalue weighted by Crippen LogP contribution is 2.35. The fourth-order valence-electron chi connectivity index (χ4n) is 6.03. The number of carbonyl (C=O) groups excluding carboxylic acids is 1. The van der Waals surface area contributed by atoms with Gasteiger partial charge in [0.1, 0.15) is 12.4 Å². The number of benzene rings is 2. The summed E-state index contributed by atoms with van der Waals surface area (Å²) in [5, 5.41) is 20.0. The molecule has 0 saturated carbocycles. The molecule has 1 N–H and O–H groups in total. The van der Waals surface area contributed by atoms with E-state index in [0.717, 1.165) is 46.8 Å². The van der Waals surface area contributed by atoms with Crippen molar-refractivity contribution < 1.29 is 32.6 Å². The van der Waals surface area contributed by atoms with Gasteiger partial charge in [-0.25, -0.2) is 9.78 Å². The monoisotopic (exact) mass is 695 g/mol. The summed E-state index contributed by atoms with van der Waals surface area (Å²) < 4.78 is 37.9. The lowest BCUT2D eigenvalue weighted by Crippen LogP contribution is -2.55. The van der Waals surface area contributed by atoms with Crippen molar-refractivity contribution in [1.82, 2.24) is 24.8 Å². The van der Waals surface area contributed by atoms with Gasteiger partial charge in [-0.15, -0.1) is 0 Å². The summed E-state index contributed by atoms with van der Waals surface area (Å²) in [6, 6.07) is 18.4. The predicted molar refractivity (Wildman–Crippen MR) is 178 cm³/mol. The molecule has 2 aliphatic rings. The Bertz CT molecular complexity index is 1910. The highest BCUT2D eigenvalue weighted by Gasteiger charge is 2.38. The number of halogens is 4. The van der Waals surface area contributed by atoms with Crippen LogP contribution in [-0.4, -0.2) is 99.8 Å². The molecule has 4 heterocycles. The molecule has 15 heteroatoms. The van der Waals surface area contributed by atoms with E-state index in [4.69, 9.17) is 41.2 Å². The van der Waals surface area contributed by atoms with Crippen LogP contribution in [0.4, 0.5) is 19.0 Å². The Labute approximate surface area is 285 Å². The van der Waals surface area contributed by atoms with E-state index in [1.54, 1.807) is 4.90 Å². The molecule has 2 fully saturated rings. The smallest absolute Gasteiger partial charge is 0.475 e. The summed E-state index contributed by atoms with van der Waals surface area (Å²) in [4.78, 5) is 42.1. The summed E-state index contributed by atoms with van der Waals surface area (Å²) >= 11 is 6.64. The lowest BCUT2D eigenvalue weighted by Gasteiger charge is -2.41. The van der Waals surface area contributed by atoms with E-state index in [-0.39, 0.29) is 24.4 Å². The number of anilines is 1. The first-order chi connectivity index (χ1) is 23.4. The highest BCUT2D eigenvalue weighted by atomic mass is 35.5. The van der Waals surface area contributed by atoms with Crippen molar-refractivity contribution in [2.45, 2.75) is 37.5 Å². The van der Waals surface area contributed by atoms with Gasteiger partial charge in [-0.3, -0.25) is 4.79 Å². The van der Waals surface area contributed by atoms with Crippen molar-refractivity contribution in [3.05, 3.63) is 66.2 Å². The van der Waals surface area contributed by atoms with Gasteiger partial charge in [0.2, 0.25) is 5.91 Å². The summed E-state index contributed by atoms with van der Waals surface area (Å²) in [6.07, 6.45) is -1.37. The second-order valence-corrected chi connectivity index (χ2v) is 12.0. The maximum absolute atomic E-state index is 12.5. The van der Waals surface area contributed by atoms with Crippen molar-refractivity contribution >= 4 is 51.1 Å². The third-order valence-corrected chi connectivity index (χ3v) is 8.85. The molecule has 0 radical (unpaired) electrons. The molecule has 4 aromatic rings. The molecular formula is C34H33ClF3N7O4. The maximum Gasteiger partial charge on any atom is 0.490 e. The van der Waals surface area contributed by atoms with Crippen LogP contribution in [0.5, 0.6) is 6.01 Å². The fraction of sp³-hybridized carbons (Fsp3) is 0.353. The lowest BCUT2D eigenvalue weighted by molar-refractivity contribution is -0.192. The molecule has 11 nitrogen and oxygen atoms in total. The third-order valence-electron chi connectivity index (χ3n) is 8.53. The van der Waals surface area contributed by atoms with Crippen LogP contribution in [0, 0.1) is 11.3 Å². The number of aromatic nitrogens is 3. The molecule has 1 amide bonds. The van der Waals surface area contributed by atoms with E-state index in [2.05, 4.69) is 29.5 Å². The number of nitrogens with zero attached hydrogens (tertiary/aromatic N) is 7. The summed E-state index contributed by atoms with van der Waals surface area (Å²) in [7, 11) is 2.11. The molecule has 2 saturated heterocycles. The SMILES string of the molecule is C=CC(=O)N1CCN(c2nc(OC[C@@H]3CCCN3C)nc3nc(-c4cccc5cccc(Cl)c45)ccc23)C[C@@H]1CC#N.O=C(O)C(F)(F)F. The molecular weight excluding hydrogens is 663 g/mol. The zero-order valence-corrected chi connectivity index (χ0v) is 27.3. The molecule has 0 aliphatic carbocycles. The number of carboxylic acid groups (broad SMARTS) is 1. The van der Waals surface area contributed by atoms with Crippen LogP contribution in [0.3, 0.4) is 0 Å². The Morgan fingerprint density at radius 3 is 2.49 bits per heavy atom. The quantitative estimate of drug-likeness (QED) is 0.239. The van der Waals surface area contributed by atoms with Crippen molar-refractivity contribution in [2.75, 3.05) is 44.7 Å². The second-order valence-electron chi connectivity index (χ2n) is 11.6. The number of aliphatic carboxylic acids is 1. The van der Waals surface area contributed by atoms with Crippen molar-refractivity contribution in [2.24, 2.45) is 0 Å². The van der Waals surface area contributed by atoms with E-state index < -0.39 is 12.1 Å². The summed E-state index contributed by atoms with van der Waals surface area (Å²) in [6.45, 7) is 6.60. The molecule has 2 aromatic heterocycles. The average Bonchev–Trinajstić information content (AvgIpc) is 3.50. The van der Waals surface area contributed by atoms with Crippen molar-refractivity contribution in [1.29, 1.82) is 5.26 Å². The number of alkyl halides is 3. The van der Waals surface area contributed by atoms with E-state index in [9.17, 15) is 23.2 Å². The third kappa shape index (κ3) is 8.01. The number of likely N-dealkylation sites (tertiary alicyclic amines) is 1. The predicted octanol–water partition coefficient (Wildman–Crippen LogP) is 5.72. The number of carboxylic acids is 1. The number of amides is 1. The molecule has 0 spiro atoms. The van der Waals surface area contributed by atoms with Crippen LogP contribution >= 0.6 is 11.6 Å². The summed E-state index contributed by atoms with van der Waals surface area (Å²) in [5.41, 5.74) is 2.18. The average molecular weight is 696 g/mol. The number of nitriles is 1. The van der Waals surface area contributed by atoms with Crippen molar-refractivity contribution in [3.63, 3.8) is 0 Å². The number of ether oxygens (including phenoxy) is 1. The van der Waals surface area contributed by atoms with Gasteiger partial charge in [0.05, 0.1) is 29.6 Å². The fourth-order valence-corrected chi connectivity index (χ4v) is 6.32. The number of hydrogen-bond acceptors (Lipinski definition) is 9. The Morgan fingerprint density at radius 1 is 1.10 bits per heavy atom. The van der Waals surface area contributed by atoms with Crippen LogP contribution in [-0.2, 0) is 9.59 Å².